The molecule has 3 nitrogen and oxygen atoms in total. The number of anilines is 1. The second-order valence-corrected chi connectivity index (χ2v) is 5.83. The van der Waals surface area contributed by atoms with Crippen LogP contribution < -0.4 is 10.2 Å². The van der Waals surface area contributed by atoms with Crippen molar-refractivity contribution in [1.82, 2.24) is 0 Å². The Morgan fingerprint density at radius 1 is 1.11 bits per heavy atom. The number of carbonyl (C=O) groups is 1. The number of likely N-dealkylation sites (tertiary alicyclic amines) is 1. The van der Waals surface area contributed by atoms with Gasteiger partial charge in [0, 0.05) is 5.69 Å². The SMILES string of the molecule is O=C(C[NH+]1CCCCCC1)Nc1ccc(Cl)c(Cl)c1. The van der Waals surface area contributed by atoms with Crippen molar-refractivity contribution in [3.05, 3.63) is 28.2 Å². The topological polar surface area (TPSA) is 33.5 Å². The van der Waals surface area contributed by atoms with Gasteiger partial charge in [-0.25, -0.2) is 0 Å². The fourth-order valence-electron chi connectivity index (χ4n) is 2.41. The summed E-state index contributed by atoms with van der Waals surface area (Å²) in [7, 11) is 0. The van der Waals surface area contributed by atoms with Gasteiger partial charge < -0.3 is 10.2 Å². The van der Waals surface area contributed by atoms with Gasteiger partial charge in [-0.3, -0.25) is 4.79 Å². The number of hydrogen-bond acceptors (Lipinski definition) is 1. The summed E-state index contributed by atoms with van der Waals surface area (Å²) in [5.41, 5.74) is 0.702. The first-order valence-corrected chi connectivity index (χ1v) is 7.49. The molecule has 1 aliphatic rings. The summed E-state index contributed by atoms with van der Waals surface area (Å²) in [6.45, 7) is 2.71. The largest absolute Gasteiger partial charge is 0.327 e. The van der Waals surface area contributed by atoms with Crippen molar-refractivity contribution in [2.24, 2.45) is 0 Å². The van der Waals surface area contributed by atoms with Crippen molar-refractivity contribution >= 4 is 34.8 Å². The molecule has 19 heavy (non-hydrogen) atoms. The van der Waals surface area contributed by atoms with E-state index in [2.05, 4.69) is 5.32 Å². The summed E-state index contributed by atoms with van der Waals surface area (Å²) < 4.78 is 0. The summed E-state index contributed by atoms with van der Waals surface area (Å²) in [5, 5.41) is 3.83. The minimum Gasteiger partial charge on any atom is -0.327 e. The van der Waals surface area contributed by atoms with Gasteiger partial charge in [-0.1, -0.05) is 23.2 Å². The van der Waals surface area contributed by atoms with Crippen LogP contribution in [0.1, 0.15) is 25.7 Å². The molecule has 0 aliphatic carbocycles. The molecule has 1 aliphatic heterocycles. The van der Waals surface area contributed by atoms with Gasteiger partial charge in [0.15, 0.2) is 6.54 Å². The Balaban J connectivity index is 1.87. The highest BCUT2D eigenvalue weighted by atomic mass is 35.5. The third kappa shape index (κ3) is 4.68. The lowest BCUT2D eigenvalue weighted by Crippen LogP contribution is -3.12. The van der Waals surface area contributed by atoms with Crippen LogP contribution in [0.4, 0.5) is 5.69 Å². The molecule has 0 bridgehead atoms. The summed E-state index contributed by atoms with van der Waals surface area (Å²) in [6.07, 6.45) is 5.01. The molecule has 0 radical (unpaired) electrons. The molecule has 1 amide bonds. The predicted octanol–water partition coefficient (Wildman–Crippen LogP) is 2.39. The Morgan fingerprint density at radius 3 is 2.42 bits per heavy atom. The van der Waals surface area contributed by atoms with E-state index in [1.807, 2.05) is 0 Å². The minimum atomic E-state index is 0.0373. The normalized spacial score (nSPS) is 16.9. The summed E-state index contributed by atoms with van der Waals surface area (Å²) in [4.78, 5) is 13.4. The van der Waals surface area contributed by atoms with Crippen molar-refractivity contribution in [3.8, 4) is 0 Å². The molecule has 1 aromatic carbocycles. The highest BCUT2D eigenvalue weighted by Crippen LogP contribution is 2.24. The summed E-state index contributed by atoms with van der Waals surface area (Å²) in [5.74, 6) is 0.0373. The van der Waals surface area contributed by atoms with Crippen LogP contribution in [0.5, 0.6) is 0 Å². The molecule has 1 fully saturated rings. The van der Waals surface area contributed by atoms with E-state index >= 15 is 0 Å². The zero-order chi connectivity index (χ0) is 13.7. The Kier molecular flexibility index (Phi) is 5.49. The van der Waals surface area contributed by atoms with Crippen LogP contribution in [0, 0.1) is 0 Å². The van der Waals surface area contributed by atoms with Crippen LogP contribution in [0.2, 0.25) is 10.0 Å². The lowest BCUT2D eigenvalue weighted by Gasteiger charge is -2.16. The van der Waals surface area contributed by atoms with Crippen LogP contribution in [0.15, 0.2) is 18.2 Å². The molecule has 5 heteroatoms. The van der Waals surface area contributed by atoms with E-state index in [9.17, 15) is 4.79 Å². The van der Waals surface area contributed by atoms with Crippen molar-refractivity contribution in [1.29, 1.82) is 0 Å². The minimum absolute atomic E-state index is 0.0373. The molecule has 0 atom stereocenters. The fraction of sp³-hybridized carbons (Fsp3) is 0.500. The Bertz CT molecular complexity index is 443. The number of amides is 1. The Hall–Kier alpha value is -0.770. The first-order chi connectivity index (χ1) is 9.15. The van der Waals surface area contributed by atoms with Gasteiger partial charge in [-0.05, 0) is 43.9 Å². The van der Waals surface area contributed by atoms with Crippen molar-refractivity contribution in [2.75, 3.05) is 25.0 Å². The summed E-state index contributed by atoms with van der Waals surface area (Å²) >= 11 is 11.8. The molecule has 2 N–H and O–H groups in total. The lowest BCUT2D eigenvalue weighted by molar-refractivity contribution is -0.890. The number of carbonyl (C=O) groups excluding carboxylic acids is 1. The van der Waals surface area contributed by atoms with Gasteiger partial charge in [0.05, 0.1) is 23.1 Å². The van der Waals surface area contributed by atoms with Crippen molar-refractivity contribution in [3.63, 3.8) is 0 Å². The van der Waals surface area contributed by atoms with Crippen molar-refractivity contribution in [2.45, 2.75) is 25.7 Å². The zero-order valence-electron chi connectivity index (χ0n) is 10.8. The molecule has 104 valence electrons. The zero-order valence-corrected chi connectivity index (χ0v) is 12.4. The van der Waals surface area contributed by atoms with Crippen molar-refractivity contribution < 1.29 is 9.69 Å². The van der Waals surface area contributed by atoms with Gasteiger partial charge in [-0.15, -0.1) is 0 Å². The fourth-order valence-corrected chi connectivity index (χ4v) is 2.71. The second-order valence-electron chi connectivity index (χ2n) is 5.02. The lowest BCUT2D eigenvalue weighted by atomic mass is 10.2. The van der Waals surface area contributed by atoms with Crippen LogP contribution >= 0.6 is 23.2 Å². The van der Waals surface area contributed by atoms with Crippen LogP contribution in [-0.4, -0.2) is 25.5 Å². The van der Waals surface area contributed by atoms with Gasteiger partial charge in [0.1, 0.15) is 0 Å². The molecular weight excluding hydrogens is 283 g/mol. The van der Waals surface area contributed by atoms with E-state index in [-0.39, 0.29) is 5.91 Å². The highest BCUT2D eigenvalue weighted by Gasteiger charge is 2.16. The number of benzene rings is 1. The van der Waals surface area contributed by atoms with Crippen LogP contribution in [0.3, 0.4) is 0 Å². The molecule has 0 aromatic heterocycles. The standard InChI is InChI=1S/C14H18Cl2N2O/c15-12-6-5-11(9-13(12)16)17-14(19)10-18-7-3-1-2-4-8-18/h5-6,9H,1-4,7-8,10H2,(H,17,19)/p+1. The number of hydrogen-bond donors (Lipinski definition) is 2. The quantitative estimate of drug-likeness (QED) is 0.883. The molecule has 0 spiro atoms. The average Bonchev–Trinajstić information content (AvgIpc) is 2.62. The van der Waals surface area contributed by atoms with E-state index in [0.29, 0.717) is 22.3 Å². The van der Waals surface area contributed by atoms with E-state index in [1.54, 1.807) is 18.2 Å². The smallest absolute Gasteiger partial charge is 0.279 e. The first kappa shape index (κ1) is 14.6. The maximum Gasteiger partial charge on any atom is 0.279 e. The number of halogens is 2. The third-order valence-corrected chi connectivity index (χ3v) is 4.16. The summed E-state index contributed by atoms with van der Waals surface area (Å²) in [6, 6.07) is 5.14. The Labute approximate surface area is 123 Å². The molecular formula is C14H19Cl2N2O+. The van der Waals surface area contributed by atoms with E-state index in [4.69, 9.17) is 23.2 Å². The second kappa shape index (κ2) is 7.13. The van der Waals surface area contributed by atoms with E-state index < -0.39 is 0 Å². The first-order valence-electron chi connectivity index (χ1n) is 6.73. The third-order valence-electron chi connectivity index (χ3n) is 3.42. The molecule has 0 unspecified atom stereocenters. The van der Waals surface area contributed by atoms with Crippen LogP contribution in [0.25, 0.3) is 0 Å². The predicted molar refractivity (Wildman–Crippen MR) is 79.1 cm³/mol. The molecule has 1 heterocycles. The maximum absolute atomic E-state index is 12.0. The van der Waals surface area contributed by atoms with Gasteiger partial charge in [0.2, 0.25) is 0 Å². The van der Waals surface area contributed by atoms with Crippen LogP contribution in [-0.2, 0) is 4.79 Å². The van der Waals surface area contributed by atoms with E-state index in [1.165, 1.54) is 30.6 Å². The van der Waals surface area contributed by atoms with E-state index in [0.717, 1.165) is 13.1 Å². The number of quaternary nitrogens is 1. The number of rotatable bonds is 3. The molecule has 1 saturated heterocycles. The highest BCUT2D eigenvalue weighted by molar-refractivity contribution is 6.42. The van der Waals surface area contributed by atoms with Gasteiger partial charge >= 0.3 is 0 Å². The average molecular weight is 302 g/mol. The monoisotopic (exact) mass is 301 g/mol. The molecule has 1 aromatic rings. The Morgan fingerprint density at radius 2 is 1.79 bits per heavy atom. The molecule has 0 saturated carbocycles. The van der Waals surface area contributed by atoms with Gasteiger partial charge in [-0.2, -0.15) is 0 Å². The molecule has 2 rings (SSSR count). The number of nitrogens with one attached hydrogen (secondary N) is 2. The maximum atomic E-state index is 12.0. The van der Waals surface area contributed by atoms with Gasteiger partial charge in [0.25, 0.3) is 5.91 Å².